The van der Waals surface area contributed by atoms with Gasteiger partial charge in [0.25, 0.3) is 12.3 Å². The maximum absolute atomic E-state index is 12.0. The number of hydrogen-bond donors (Lipinski definition) is 2. The van der Waals surface area contributed by atoms with Crippen LogP contribution in [0.1, 0.15) is 21.5 Å². The fraction of sp³-hybridized carbons (Fsp3) is 0.364. The summed E-state index contributed by atoms with van der Waals surface area (Å²) < 4.78 is 46.7. The summed E-state index contributed by atoms with van der Waals surface area (Å²) in [5, 5.41) is 7.04. The van der Waals surface area contributed by atoms with Crippen LogP contribution >= 0.6 is 0 Å². The molecule has 1 aromatic carbocycles. The topological polar surface area (TPSA) is 89.3 Å². The van der Waals surface area contributed by atoms with E-state index in [1.165, 1.54) is 6.07 Å². The van der Waals surface area contributed by atoms with E-state index in [2.05, 4.69) is 0 Å². The van der Waals surface area contributed by atoms with E-state index in [9.17, 15) is 22.0 Å². The molecule has 0 saturated heterocycles. The Morgan fingerprint density at radius 1 is 1.37 bits per heavy atom. The highest BCUT2D eigenvalue weighted by Gasteiger charge is 2.17. The monoisotopic (exact) mass is 292 g/mol. The van der Waals surface area contributed by atoms with Gasteiger partial charge in [-0.1, -0.05) is 0 Å². The fourth-order valence-corrected chi connectivity index (χ4v) is 2.40. The predicted molar refractivity (Wildman–Crippen MR) is 65.6 cm³/mol. The lowest BCUT2D eigenvalue weighted by atomic mass is 10.1. The molecule has 0 unspecified atom stereocenters. The molecule has 19 heavy (non-hydrogen) atoms. The smallest absolute Gasteiger partial charge is 0.255 e. The van der Waals surface area contributed by atoms with E-state index in [0.29, 0.717) is 11.1 Å². The number of hydrogen-bond acceptors (Lipinski definition) is 3. The summed E-state index contributed by atoms with van der Waals surface area (Å²) in [5.74, 6) is -0.770. The summed E-state index contributed by atoms with van der Waals surface area (Å²) >= 11 is 0. The van der Waals surface area contributed by atoms with Gasteiger partial charge in [-0.3, -0.25) is 4.79 Å². The number of halogens is 2. The van der Waals surface area contributed by atoms with Crippen LogP contribution in [0.15, 0.2) is 17.0 Å². The molecule has 8 heteroatoms. The van der Waals surface area contributed by atoms with Gasteiger partial charge in [-0.25, -0.2) is 22.3 Å². The molecule has 1 amide bonds. The normalized spacial score (nSPS) is 11.7. The molecule has 0 aliphatic carbocycles. The number of carbonyl (C=O) groups is 1. The van der Waals surface area contributed by atoms with E-state index in [1.54, 1.807) is 13.8 Å². The van der Waals surface area contributed by atoms with Crippen molar-refractivity contribution in [1.82, 2.24) is 5.32 Å². The lowest BCUT2D eigenvalue weighted by Crippen LogP contribution is -2.29. The van der Waals surface area contributed by atoms with Crippen molar-refractivity contribution < 1.29 is 22.0 Å². The second-order valence-corrected chi connectivity index (χ2v) is 5.59. The molecule has 0 heterocycles. The molecule has 0 bridgehead atoms. The third kappa shape index (κ3) is 3.97. The molecule has 3 N–H and O–H groups in total. The number of rotatable bonds is 4. The van der Waals surface area contributed by atoms with Crippen LogP contribution < -0.4 is 10.5 Å². The molecule has 0 aromatic heterocycles. The largest absolute Gasteiger partial charge is 0.346 e. The highest BCUT2D eigenvalue weighted by atomic mass is 32.2. The Kier molecular flexibility index (Phi) is 4.59. The molecule has 0 spiro atoms. The first-order valence-corrected chi connectivity index (χ1v) is 6.88. The van der Waals surface area contributed by atoms with Crippen LogP contribution in [0.2, 0.25) is 0 Å². The summed E-state index contributed by atoms with van der Waals surface area (Å²) in [7, 11) is -3.97. The molecule has 0 radical (unpaired) electrons. The van der Waals surface area contributed by atoms with E-state index in [-0.39, 0.29) is 10.5 Å². The number of sulfonamides is 1. The van der Waals surface area contributed by atoms with Crippen molar-refractivity contribution in [2.45, 2.75) is 25.2 Å². The Balaban J connectivity index is 3.18. The van der Waals surface area contributed by atoms with Gasteiger partial charge in [-0.15, -0.1) is 0 Å². The zero-order valence-corrected chi connectivity index (χ0v) is 11.2. The van der Waals surface area contributed by atoms with Gasteiger partial charge in [0, 0.05) is 5.56 Å². The second-order valence-electron chi connectivity index (χ2n) is 4.06. The third-order valence-corrected chi connectivity index (χ3v) is 3.64. The molecule has 0 aliphatic heterocycles. The first kappa shape index (κ1) is 15.5. The molecule has 5 nitrogen and oxygen atoms in total. The van der Waals surface area contributed by atoms with Crippen molar-refractivity contribution in [2.75, 3.05) is 6.54 Å². The van der Waals surface area contributed by atoms with E-state index in [0.717, 1.165) is 6.07 Å². The average Bonchev–Trinajstić information content (AvgIpc) is 2.27. The summed E-state index contributed by atoms with van der Waals surface area (Å²) in [6.45, 7) is 2.36. The van der Waals surface area contributed by atoms with Crippen molar-refractivity contribution in [1.29, 1.82) is 0 Å². The van der Waals surface area contributed by atoms with Crippen LogP contribution in [0.4, 0.5) is 8.78 Å². The Morgan fingerprint density at radius 3 is 2.42 bits per heavy atom. The van der Waals surface area contributed by atoms with Gasteiger partial charge in [0.15, 0.2) is 0 Å². The second kappa shape index (κ2) is 5.62. The summed E-state index contributed by atoms with van der Waals surface area (Å²) in [6.07, 6.45) is -2.67. The van der Waals surface area contributed by atoms with Crippen molar-refractivity contribution >= 4 is 15.9 Å². The number of nitrogens with two attached hydrogens (primary N) is 1. The molecule has 0 fully saturated rings. The van der Waals surface area contributed by atoms with Gasteiger partial charge in [0.05, 0.1) is 11.4 Å². The molecule has 0 saturated carbocycles. The van der Waals surface area contributed by atoms with Crippen molar-refractivity contribution in [3.8, 4) is 0 Å². The standard InChI is InChI=1S/C11H14F2N2O3S/c1-6-3-8(11(16)15-5-10(12)13)4-9(7(6)2)19(14,17)18/h3-4,10H,5H2,1-2H3,(H,15,16)(H2,14,17,18). The Hall–Kier alpha value is -1.54. The Labute approximate surface area is 109 Å². The van der Waals surface area contributed by atoms with Crippen LogP contribution in [0.25, 0.3) is 0 Å². The molecular weight excluding hydrogens is 278 g/mol. The molecular formula is C11H14F2N2O3S. The van der Waals surface area contributed by atoms with Gasteiger partial charge in [0.2, 0.25) is 10.0 Å². The average molecular weight is 292 g/mol. The molecule has 1 aromatic rings. The van der Waals surface area contributed by atoms with Gasteiger partial charge < -0.3 is 5.32 Å². The quantitative estimate of drug-likeness (QED) is 0.865. The maximum atomic E-state index is 12.0. The summed E-state index contributed by atoms with van der Waals surface area (Å²) in [5.41, 5.74) is 0.939. The van der Waals surface area contributed by atoms with Gasteiger partial charge in [-0.2, -0.15) is 0 Å². The van der Waals surface area contributed by atoms with Crippen molar-refractivity contribution in [3.05, 3.63) is 28.8 Å². The molecule has 106 valence electrons. The van der Waals surface area contributed by atoms with Crippen LogP contribution in [0.3, 0.4) is 0 Å². The van der Waals surface area contributed by atoms with Crippen LogP contribution in [-0.2, 0) is 10.0 Å². The van der Waals surface area contributed by atoms with Crippen molar-refractivity contribution in [2.24, 2.45) is 5.14 Å². The third-order valence-electron chi connectivity index (χ3n) is 2.61. The van der Waals surface area contributed by atoms with E-state index in [1.807, 2.05) is 5.32 Å². The van der Waals surface area contributed by atoms with Gasteiger partial charge in [0.1, 0.15) is 0 Å². The first-order chi connectivity index (χ1) is 8.62. The van der Waals surface area contributed by atoms with Crippen LogP contribution in [-0.4, -0.2) is 27.3 Å². The summed E-state index contributed by atoms with van der Waals surface area (Å²) in [4.78, 5) is 11.4. The van der Waals surface area contributed by atoms with E-state index in [4.69, 9.17) is 5.14 Å². The minimum Gasteiger partial charge on any atom is -0.346 e. The highest BCUT2D eigenvalue weighted by molar-refractivity contribution is 7.89. The fourth-order valence-electron chi connectivity index (χ4n) is 1.53. The number of benzene rings is 1. The number of alkyl halides is 2. The first-order valence-electron chi connectivity index (χ1n) is 5.33. The van der Waals surface area contributed by atoms with E-state index >= 15 is 0 Å². The number of nitrogens with one attached hydrogen (secondary N) is 1. The van der Waals surface area contributed by atoms with Crippen LogP contribution in [0, 0.1) is 13.8 Å². The lowest BCUT2D eigenvalue weighted by molar-refractivity contribution is 0.0891. The van der Waals surface area contributed by atoms with Gasteiger partial charge >= 0.3 is 0 Å². The zero-order chi connectivity index (χ0) is 14.8. The van der Waals surface area contributed by atoms with Crippen molar-refractivity contribution in [3.63, 3.8) is 0 Å². The lowest BCUT2D eigenvalue weighted by Gasteiger charge is -2.11. The molecule has 1 rings (SSSR count). The Morgan fingerprint density at radius 2 is 1.95 bits per heavy atom. The number of amides is 1. The predicted octanol–water partition coefficient (Wildman–Crippen LogP) is 0.946. The Bertz CT molecular complexity index is 600. The minimum atomic E-state index is -3.97. The van der Waals surface area contributed by atoms with Gasteiger partial charge in [-0.05, 0) is 37.1 Å². The zero-order valence-electron chi connectivity index (χ0n) is 10.4. The minimum absolute atomic E-state index is 0.0206. The highest BCUT2D eigenvalue weighted by Crippen LogP contribution is 2.20. The van der Waals surface area contributed by atoms with Crippen LogP contribution in [0.5, 0.6) is 0 Å². The maximum Gasteiger partial charge on any atom is 0.255 e. The number of aryl methyl sites for hydroxylation is 1. The SMILES string of the molecule is Cc1cc(C(=O)NCC(F)F)cc(S(N)(=O)=O)c1C. The van der Waals surface area contributed by atoms with E-state index < -0.39 is 28.9 Å². The molecule has 0 aliphatic rings. The summed E-state index contributed by atoms with van der Waals surface area (Å²) in [6, 6.07) is 2.50. The molecule has 0 atom stereocenters. The number of primary sulfonamides is 1. The number of carbonyl (C=O) groups excluding carboxylic acids is 1.